The number of nitrogens with one attached hydrogen (secondary N) is 1. The van der Waals surface area contributed by atoms with Gasteiger partial charge in [0.15, 0.2) is 0 Å². The number of thiazole rings is 1. The number of ether oxygens (including phenoxy) is 1. The Balaban J connectivity index is 1.33. The van der Waals surface area contributed by atoms with Crippen molar-refractivity contribution >= 4 is 28.6 Å². The number of carbonyl (C=O) groups excluding carboxylic acids is 1. The van der Waals surface area contributed by atoms with Gasteiger partial charge in [-0.2, -0.15) is 0 Å². The van der Waals surface area contributed by atoms with Crippen molar-refractivity contribution in [1.82, 2.24) is 9.88 Å². The van der Waals surface area contributed by atoms with Crippen LogP contribution in [0.5, 0.6) is 0 Å². The van der Waals surface area contributed by atoms with E-state index in [1.54, 1.807) is 11.3 Å². The van der Waals surface area contributed by atoms with E-state index in [4.69, 9.17) is 9.72 Å². The van der Waals surface area contributed by atoms with Crippen LogP contribution in [0.15, 0.2) is 29.6 Å². The van der Waals surface area contributed by atoms with Crippen LogP contribution in [-0.4, -0.2) is 61.2 Å². The number of piperidine rings is 1. The number of nitrogens with zero attached hydrogens (tertiary/aromatic N) is 3. The van der Waals surface area contributed by atoms with Gasteiger partial charge in [0.2, 0.25) is 0 Å². The van der Waals surface area contributed by atoms with Crippen LogP contribution in [0, 0.1) is 5.92 Å². The zero-order valence-corrected chi connectivity index (χ0v) is 22.5. The highest BCUT2D eigenvalue weighted by atomic mass is 32.1. The number of hydrogen-bond donors (Lipinski definition) is 1. The van der Waals surface area contributed by atoms with Gasteiger partial charge < -0.3 is 19.9 Å². The molecule has 0 bridgehead atoms. The summed E-state index contributed by atoms with van der Waals surface area (Å²) >= 11 is 1.64. The van der Waals surface area contributed by atoms with Crippen molar-refractivity contribution in [3.8, 4) is 0 Å². The van der Waals surface area contributed by atoms with Crippen LogP contribution in [-0.2, 0) is 4.74 Å². The summed E-state index contributed by atoms with van der Waals surface area (Å²) in [5, 5.41) is 6.17. The first kappa shape index (κ1) is 26.1. The van der Waals surface area contributed by atoms with Gasteiger partial charge in [-0.3, -0.25) is 4.79 Å². The van der Waals surface area contributed by atoms with E-state index in [0.29, 0.717) is 24.8 Å². The van der Waals surface area contributed by atoms with Crippen LogP contribution in [0.25, 0.3) is 0 Å². The van der Waals surface area contributed by atoms with Gasteiger partial charge in [-0.15, -0.1) is 11.3 Å². The van der Waals surface area contributed by atoms with Crippen molar-refractivity contribution < 1.29 is 9.53 Å². The molecule has 6 nitrogen and oxygen atoms in total. The molecule has 1 N–H and O–H groups in total. The third kappa shape index (κ3) is 6.83. The van der Waals surface area contributed by atoms with Crippen LogP contribution in [0.4, 0.5) is 11.4 Å². The summed E-state index contributed by atoms with van der Waals surface area (Å²) in [6.07, 6.45) is 7.53. The number of anilines is 2. The molecule has 2 atom stereocenters. The highest BCUT2D eigenvalue weighted by Gasteiger charge is 2.26. The highest BCUT2D eigenvalue weighted by molar-refractivity contribution is 7.10. The summed E-state index contributed by atoms with van der Waals surface area (Å²) in [6, 6.07) is 8.31. The predicted octanol–water partition coefficient (Wildman–Crippen LogP) is 6.02. The van der Waals surface area contributed by atoms with E-state index >= 15 is 0 Å². The van der Waals surface area contributed by atoms with Crippen molar-refractivity contribution in [3.63, 3.8) is 0 Å². The molecule has 0 radical (unpaired) electrons. The van der Waals surface area contributed by atoms with E-state index in [-0.39, 0.29) is 11.9 Å². The lowest BCUT2D eigenvalue weighted by molar-refractivity contribution is 0.0989. The molecule has 1 amide bonds. The van der Waals surface area contributed by atoms with Gasteiger partial charge in [-0.1, -0.05) is 45.2 Å². The first-order chi connectivity index (χ1) is 17.1. The van der Waals surface area contributed by atoms with Crippen LogP contribution in [0.3, 0.4) is 0 Å². The SMILES string of the molecule is CCCCC(CC)CN1CCC(c2nc(C(=O)Nc3ccccc3N3CCOCC3C)cs2)CC1. The molecule has 2 unspecified atom stereocenters. The number of morpholine rings is 1. The Morgan fingerprint density at radius 1 is 1.23 bits per heavy atom. The zero-order valence-electron chi connectivity index (χ0n) is 21.7. The lowest BCUT2D eigenvalue weighted by Gasteiger charge is -2.36. The maximum Gasteiger partial charge on any atom is 0.275 e. The first-order valence-corrected chi connectivity index (χ1v) is 14.4. The van der Waals surface area contributed by atoms with E-state index in [9.17, 15) is 4.79 Å². The number of likely N-dealkylation sites (tertiary alicyclic amines) is 1. The molecule has 35 heavy (non-hydrogen) atoms. The number of para-hydroxylation sites is 2. The molecule has 3 heterocycles. The van der Waals surface area contributed by atoms with Crippen molar-refractivity contribution in [2.24, 2.45) is 5.92 Å². The number of rotatable bonds is 10. The predicted molar refractivity (Wildman–Crippen MR) is 146 cm³/mol. The molecule has 2 aliphatic heterocycles. The Morgan fingerprint density at radius 3 is 2.77 bits per heavy atom. The standard InChI is InChI=1S/C28H42N4O2S/c1-4-6-9-22(5-2)18-31-14-12-23(13-15-31)28-30-25(20-35-28)27(33)29-24-10-7-8-11-26(24)32-16-17-34-19-21(32)3/h7-8,10-11,20-23H,4-6,9,12-19H2,1-3H3,(H,29,33). The second kappa shape index (κ2) is 12.8. The fraction of sp³-hybridized carbons (Fsp3) is 0.643. The Morgan fingerprint density at radius 2 is 2.03 bits per heavy atom. The summed E-state index contributed by atoms with van der Waals surface area (Å²) in [6.45, 7) is 12.5. The maximum atomic E-state index is 13.1. The lowest BCUT2D eigenvalue weighted by atomic mass is 9.94. The maximum absolute atomic E-state index is 13.1. The largest absolute Gasteiger partial charge is 0.377 e. The molecular formula is C28H42N4O2S. The summed E-state index contributed by atoms with van der Waals surface area (Å²) in [4.78, 5) is 22.8. The molecule has 4 rings (SSSR count). The smallest absolute Gasteiger partial charge is 0.275 e. The molecule has 2 saturated heterocycles. The normalized spacial score (nSPS) is 20.7. The van der Waals surface area contributed by atoms with Crippen molar-refractivity contribution in [1.29, 1.82) is 0 Å². The Hall–Kier alpha value is -1.96. The Labute approximate surface area is 215 Å². The zero-order chi connectivity index (χ0) is 24.6. The second-order valence-electron chi connectivity index (χ2n) is 10.2. The average Bonchev–Trinajstić information content (AvgIpc) is 3.38. The van der Waals surface area contributed by atoms with E-state index < -0.39 is 0 Å². The molecule has 1 aromatic heterocycles. The van der Waals surface area contributed by atoms with E-state index in [1.807, 2.05) is 23.6 Å². The summed E-state index contributed by atoms with van der Waals surface area (Å²) in [7, 11) is 0. The topological polar surface area (TPSA) is 57.7 Å². The van der Waals surface area contributed by atoms with Crippen molar-refractivity contribution in [3.05, 3.63) is 40.3 Å². The number of carbonyl (C=O) groups is 1. The molecule has 0 spiro atoms. The third-order valence-electron chi connectivity index (χ3n) is 7.58. The molecule has 1 aromatic carbocycles. The van der Waals surface area contributed by atoms with Gasteiger partial charge in [0.1, 0.15) is 5.69 Å². The Kier molecular flexibility index (Phi) is 9.58. The number of aromatic nitrogens is 1. The molecule has 192 valence electrons. The minimum absolute atomic E-state index is 0.125. The van der Waals surface area contributed by atoms with Gasteiger partial charge in [0, 0.05) is 30.4 Å². The monoisotopic (exact) mass is 498 g/mol. The third-order valence-corrected chi connectivity index (χ3v) is 8.59. The number of hydrogen-bond acceptors (Lipinski definition) is 6. The summed E-state index contributed by atoms with van der Waals surface area (Å²) in [5.41, 5.74) is 2.41. The molecule has 0 saturated carbocycles. The number of benzene rings is 1. The summed E-state index contributed by atoms with van der Waals surface area (Å²) < 4.78 is 5.59. The first-order valence-electron chi connectivity index (χ1n) is 13.5. The second-order valence-corrected chi connectivity index (χ2v) is 11.0. The van der Waals surface area contributed by atoms with E-state index in [1.165, 1.54) is 32.2 Å². The van der Waals surface area contributed by atoms with Gasteiger partial charge in [0.25, 0.3) is 5.91 Å². The van der Waals surface area contributed by atoms with Crippen molar-refractivity contribution in [2.45, 2.75) is 71.3 Å². The van der Waals surface area contributed by atoms with E-state index in [0.717, 1.165) is 54.8 Å². The van der Waals surface area contributed by atoms with Gasteiger partial charge in [-0.25, -0.2) is 4.98 Å². The van der Waals surface area contributed by atoms with Crippen molar-refractivity contribution in [2.75, 3.05) is 49.6 Å². The number of amides is 1. The Bertz CT molecular complexity index is 941. The molecule has 7 heteroatoms. The van der Waals surface area contributed by atoms with Gasteiger partial charge in [-0.05, 0) is 57.3 Å². The van der Waals surface area contributed by atoms with Crippen LogP contribution < -0.4 is 10.2 Å². The van der Waals surface area contributed by atoms with Crippen LogP contribution >= 0.6 is 11.3 Å². The van der Waals surface area contributed by atoms with Gasteiger partial charge in [0.05, 0.1) is 29.6 Å². The average molecular weight is 499 g/mol. The minimum atomic E-state index is -0.125. The molecule has 2 fully saturated rings. The fourth-order valence-corrected chi connectivity index (χ4v) is 6.30. The van der Waals surface area contributed by atoms with Crippen LogP contribution in [0.2, 0.25) is 0 Å². The van der Waals surface area contributed by atoms with E-state index in [2.05, 4.69) is 42.0 Å². The fourth-order valence-electron chi connectivity index (χ4n) is 5.33. The van der Waals surface area contributed by atoms with Crippen LogP contribution in [0.1, 0.15) is 80.7 Å². The number of unbranched alkanes of at least 4 members (excludes halogenated alkanes) is 1. The quantitative estimate of drug-likeness (QED) is 0.434. The molecular weight excluding hydrogens is 456 g/mol. The molecule has 0 aliphatic carbocycles. The van der Waals surface area contributed by atoms with Gasteiger partial charge >= 0.3 is 0 Å². The molecule has 2 aliphatic rings. The highest BCUT2D eigenvalue weighted by Crippen LogP contribution is 2.32. The lowest BCUT2D eigenvalue weighted by Crippen LogP contribution is -2.44. The molecule has 2 aromatic rings. The summed E-state index contributed by atoms with van der Waals surface area (Å²) in [5.74, 6) is 1.17. The minimum Gasteiger partial charge on any atom is -0.377 e.